The zero-order chi connectivity index (χ0) is 17.6. The number of nitrogens with zero attached hydrogens (tertiary/aromatic N) is 3. The quantitative estimate of drug-likeness (QED) is 0.800. The molecule has 1 atom stereocenters. The van der Waals surface area contributed by atoms with Crippen molar-refractivity contribution in [1.29, 1.82) is 0 Å². The number of benzene rings is 2. The van der Waals surface area contributed by atoms with Crippen LogP contribution in [0.2, 0.25) is 0 Å². The topological polar surface area (TPSA) is 28.1 Å². The standard InChI is InChI=1S/C22H27N3O/c1-3-7-19(8-4-1)15-25-14-12-23-22(25)24-13-11-21(16-24)18-26-17-20-9-5-2-6-10-20/h1-10,21H,11-18H2. The molecule has 0 radical (unpaired) electrons. The maximum absolute atomic E-state index is 5.96. The van der Waals surface area contributed by atoms with Crippen LogP contribution in [0.4, 0.5) is 0 Å². The summed E-state index contributed by atoms with van der Waals surface area (Å²) in [5.41, 5.74) is 2.60. The maximum atomic E-state index is 5.96. The van der Waals surface area contributed by atoms with E-state index >= 15 is 0 Å². The van der Waals surface area contributed by atoms with E-state index in [1.54, 1.807) is 0 Å². The highest BCUT2D eigenvalue weighted by atomic mass is 16.5. The van der Waals surface area contributed by atoms with Crippen molar-refractivity contribution in [3.8, 4) is 0 Å². The second-order valence-electron chi connectivity index (χ2n) is 7.19. The molecule has 0 aromatic heterocycles. The number of rotatable bonds is 6. The molecular formula is C22H27N3O. The van der Waals surface area contributed by atoms with Gasteiger partial charge in [0, 0.05) is 32.1 Å². The lowest BCUT2D eigenvalue weighted by molar-refractivity contribution is 0.0904. The monoisotopic (exact) mass is 349 g/mol. The average Bonchev–Trinajstić information content (AvgIpc) is 3.33. The van der Waals surface area contributed by atoms with Crippen molar-refractivity contribution in [1.82, 2.24) is 9.80 Å². The molecule has 2 aliphatic rings. The van der Waals surface area contributed by atoms with Gasteiger partial charge in [-0.05, 0) is 17.5 Å². The third-order valence-electron chi connectivity index (χ3n) is 5.16. The predicted molar refractivity (Wildman–Crippen MR) is 105 cm³/mol. The molecule has 0 amide bonds. The van der Waals surface area contributed by atoms with Crippen LogP contribution in [0.1, 0.15) is 17.5 Å². The fraction of sp³-hybridized carbons (Fsp3) is 0.409. The smallest absolute Gasteiger partial charge is 0.197 e. The van der Waals surface area contributed by atoms with Gasteiger partial charge in [0.15, 0.2) is 5.96 Å². The van der Waals surface area contributed by atoms with Gasteiger partial charge in [-0.15, -0.1) is 0 Å². The van der Waals surface area contributed by atoms with Crippen molar-refractivity contribution in [2.75, 3.05) is 32.8 Å². The summed E-state index contributed by atoms with van der Waals surface area (Å²) in [5, 5.41) is 0. The first-order valence-electron chi connectivity index (χ1n) is 9.58. The third kappa shape index (κ3) is 4.25. The number of aliphatic imine (C=N–C) groups is 1. The van der Waals surface area contributed by atoms with Crippen molar-refractivity contribution in [3.63, 3.8) is 0 Å². The van der Waals surface area contributed by atoms with Crippen LogP contribution in [0.15, 0.2) is 65.7 Å². The van der Waals surface area contributed by atoms with Crippen LogP contribution >= 0.6 is 0 Å². The Morgan fingerprint density at radius 2 is 1.65 bits per heavy atom. The van der Waals surface area contributed by atoms with Crippen molar-refractivity contribution in [2.45, 2.75) is 19.6 Å². The highest BCUT2D eigenvalue weighted by Crippen LogP contribution is 2.21. The summed E-state index contributed by atoms with van der Waals surface area (Å²) in [4.78, 5) is 9.66. The van der Waals surface area contributed by atoms with Gasteiger partial charge in [-0.1, -0.05) is 60.7 Å². The summed E-state index contributed by atoms with van der Waals surface area (Å²) in [7, 11) is 0. The summed E-state index contributed by atoms with van der Waals surface area (Å²) in [6.45, 7) is 6.56. The molecule has 1 fully saturated rings. The van der Waals surface area contributed by atoms with Gasteiger partial charge >= 0.3 is 0 Å². The van der Waals surface area contributed by atoms with Crippen LogP contribution in [0, 0.1) is 5.92 Å². The van der Waals surface area contributed by atoms with Gasteiger partial charge in [0.2, 0.25) is 0 Å². The highest BCUT2D eigenvalue weighted by Gasteiger charge is 2.30. The molecule has 2 aromatic rings. The Morgan fingerprint density at radius 3 is 2.42 bits per heavy atom. The molecule has 0 aliphatic carbocycles. The fourth-order valence-corrected chi connectivity index (χ4v) is 3.79. The fourth-order valence-electron chi connectivity index (χ4n) is 3.79. The number of hydrogen-bond donors (Lipinski definition) is 0. The van der Waals surface area contributed by atoms with Crippen LogP contribution in [-0.4, -0.2) is 48.5 Å². The van der Waals surface area contributed by atoms with Crippen LogP contribution in [0.5, 0.6) is 0 Å². The Balaban J connectivity index is 1.26. The van der Waals surface area contributed by atoms with E-state index in [-0.39, 0.29) is 0 Å². The molecule has 2 heterocycles. The number of likely N-dealkylation sites (tertiary alicyclic amines) is 1. The van der Waals surface area contributed by atoms with E-state index in [4.69, 9.17) is 9.73 Å². The molecule has 4 rings (SSSR count). The summed E-state index contributed by atoms with van der Waals surface area (Å²) in [6.07, 6.45) is 1.19. The Hall–Kier alpha value is -2.33. The van der Waals surface area contributed by atoms with E-state index in [9.17, 15) is 0 Å². The zero-order valence-electron chi connectivity index (χ0n) is 15.3. The largest absolute Gasteiger partial charge is 0.376 e. The Bertz CT molecular complexity index is 717. The first kappa shape index (κ1) is 17.1. The summed E-state index contributed by atoms with van der Waals surface area (Å²) in [6, 6.07) is 21.1. The van der Waals surface area contributed by atoms with Crippen LogP contribution < -0.4 is 0 Å². The minimum Gasteiger partial charge on any atom is -0.376 e. The molecule has 2 aliphatic heterocycles. The lowest BCUT2D eigenvalue weighted by atomic mass is 10.1. The summed E-state index contributed by atoms with van der Waals surface area (Å²) < 4.78 is 5.96. The van der Waals surface area contributed by atoms with Gasteiger partial charge in [-0.2, -0.15) is 0 Å². The number of hydrogen-bond acceptors (Lipinski definition) is 4. The van der Waals surface area contributed by atoms with Crippen molar-refractivity contribution in [3.05, 3.63) is 71.8 Å². The van der Waals surface area contributed by atoms with E-state index in [2.05, 4.69) is 64.4 Å². The lowest BCUT2D eigenvalue weighted by Crippen LogP contribution is -2.40. The van der Waals surface area contributed by atoms with Crippen molar-refractivity contribution < 1.29 is 4.74 Å². The van der Waals surface area contributed by atoms with E-state index in [0.717, 1.165) is 39.3 Å². The summed E-state index contributed by atoms with van der Waals surface area (Å²) in [5.74, 6) is 1.78. The van der Waals surface area contributed by atoms with Gasteiger partial charge in [-0.3, -0.25) is 4.99 Å². The minimum atomic E-state index is 0.598. The molecule has 4 heteroatoms. The molecule has 0 saturated carbocycles. The molecule has 0 spiro atoms. The summed E-state index contributed by atoms with van der Waals surface area (Å²) >= 11 is 0. The Labute approximate surface area is 156 Å². The third-order valence-corrected chi connectivity index (χ3v) is 5.16. The van der Waals surface area contributed by atoms with Crippen LogP contribution in [-0.2, 0) is 17.9 Å². The second kappa shape index (κ2) is 8.37. The SMILES string of the molecule is c1ccc(COCC2CCN(C3=NCCN3Cc3ccccc3)C2)cc1. The van der Waals surface area contributed by atoms with Gasteiger partial charge in [0.25, 0.3) is 0 Å². The van der Waals surface area contributed by atoms with E-state index in [1.165, 1.54) is 23.5 Å². The van der Waals surface area contributed by atoms with Crippen LogP contribution in [0.3, 0.4) is 0 Å². The highest BCUT2D eigenvalue weighted by molar-refractivity contribution is 5.81. The van der Waals surface area contributed by atoms with Crippen molar-refractivity contribution >= 4 is 5.96 Å². The zero-order valence-corrected chi connectivity index (χ0v) is 15.3. The average molecular weight is 349 g/mol. The number of ether oxygens (including phenoxy) is 1. The lowest BCUT2D eigenvalue weighted by Gasteiger charge is -2.28. The first-order chi connectivity index (χ1) is 12.9. The molecular weight excluding hydrogens is 322 g/mol. The predicted octanol–water partition coefficient (Wildman–Crippen LogP) is 3.40. The molecule has 26 heavy (non-hydrogen) atoms. The second-order valence-corrected chi connectivity index (χ2v) is 7.19. The number of guanidine groups is 1. The molecule has 2 aromatic carbocycles. The van der Waals surface area contributed by atoms with Crippen LogP contribution in [0.25, 0.3) is 0 Å². The first-order valence-corrected chi connectivity index (χ1v) is 9.58. The molecule has 0 bridgehead atoms. The molecule has 1 saturated heterocycles. The van der Waals surface area contributed by atoms with Gasteiger partial charge < -0.3 is 14.5 Å². The molecule has 0 N–H and O–H groups in total. The molecule has 136 valence electrons. The normalized spacial score (nSPS) is 19.8. The molecule has 1 unspecified atom stereocenters. The maximum Gasteiger partial charge on any atom is 0.197 e. The van der Waals surface area contributed by atoms with Gasteiger partial charge in [-0.25, -0.2) is 0 Å². The van der Waals surface area contributed by atoms with E-state index in [0.29, 0.717) is 12.5 Å². The Kier molecular flexibility index (Phi) is 5.50. The Morgan fingerprint density at radius 1 is 0.923 bits per heavy atom. The van der Waals surface area contributed by atoms with Gasteiger partial charge in [0.05, 0.1) is 19.8 Å². The van der Waals surface area contributed by atoms with Gasteiger partial charge in [0.1, 0.15) is 0 Å². The van der Waals surface area contributed by atoms with E-state index < -0.39 is 0 Å². The molecule has 4 nitrogen and oxygen atoms in total. The van der Waals surface area contributed by atoms with E-state index in [1.807, 2.05) is 6.07 Å². The minimum absolute atomic E-state index is 0.598. The van der Waals surface area contributed by atoms with Crippen molar-refractivity contribution in [2.24, 2.45) is 10.9 Å².